The van der Waals surface area contributed by atoms with Crippen LogP contribution in [0.15, 0.2) is 59.1 Å². The van der Waals surface area contributed by atoms with Crippen LogP contribution in [0.5, 0.6) is 0 Å². The van der Waals surface area contributed by atoms with Crippen LogP contribution in [-0.2, 0) is 16.0 Å². The van der Waals surface area contributed by atoms with Crippen molar-refractivity contribution in [1.29, 1.82) is 0 Å². The SMILES string of the molecule is CC(NC(=O)CNC(=O)Cc1ccc(Br)cc1)c1ccccc1. The number of benzene rings is 2. The molecule has 0 heterocycles. The van der Waals surface area contributed by atoms with Crippen molar-refractivity contribution in [3.63, 3.8) is 0 Å². The molecule has 0 saturated carbocycles. The van der Waals surface area contributed by atoms with Gasteiger partial charge >= 0.3 is 0 Å². The lowest BCUT2D eigenvalue weighted by Gasteiger charge is -2.14. The zero-order chi connectivity index (χ0) is 16.7. The number of rotatable bonds is 6. The van der Waals surface area contributed by atoms with Gasteiger partial charge in [0.05, 0.1) is 19.0 Å². The molecule has 0 saturated heterocycles. The molecule has 0 aromatic heterocycles. The first kappa shape index (κ1) is 17.2. The van der Waals surface area contributed by atoms with E-state index in [1.165, 1.54) is 0 Å². The molecule has 1 atom stereocenters. The maximum atomic E-state index is 11.9. The predicted octanol–water partition coefficient (Wildman–Crippen LogP) is 2.99. The van der Waals surface area contributed by atoms with Crippen LogP contribution in [0, 0.1) is 0 Å². The zero-order valence-corrected chi connectivity index (χ0v) is 14.5. The van der Waals surface area contributed by atoms with E-state index in [-0.39, 0.29) is 30.8 Å². The van der Waals surface area contributed by atoms with Crippen LogP contribution in [0.2, 0.25) is 0 Å². The molecular weight excluding hydrogens is 356 g/mol. The quantitative estimate of drug-likeness (QED) is 0.816. The molecule has 1 unspecified atom stereocenters. The van der Waals surface area contributed by atoms with E-state index >= 15 is 0 Å². The standard InChI is InChI=1S/C18H19BrN2O2/c1-13(15-5-3-2-4-6-15)21-18(23)12-20-17(22)11-14-7-9-16(19)10-8-14/h2-10,13H,11-12H2,1H3,(H,20,22)(H,21,23). The van der Waals surface area contributed by atoms with Gasteiger partial charge in [-0.1, -0.05) is 58.4 Å². The molecule has 2 aromatic rings. The summed E-state index contributed by atoms with van der Waals surface area (Å²) in [7, 11) is 0. The lowest BCUT2D eigenvalue weighted by Crippen LogP contribution is -2.38. The Morgan fingerprint density at radius 2 is 1.65 bits per heavy atom. The Balaban J connectivity index is 1.75. The van der Waals surface area contributed by atoms with Gasteiger partial charge in [0.2, 0.25) is 11.8 Å². The van der Waals surface area contributed by atoms with Crippen LogP contribution in [-0.4, -0.2) is 18.4 Å². The van der Waals surface area contributed by atoms with Gasteiger partial charge < -0.3 is 10.6 Å². The molecule has 2 N–H and O–H groups in total. The molecule has 0 aliphatic carbocycles. The number of nitrogens with one attached hydrogen (secondary N) is 2. The van der Waals surface area contributed by atoms with E-state index in [4.69, 9.17) is 0 Å². The Morgan fingerprint density at radius 1 is 1.00 bits per heavy atom. The van der Waals surface area contributed by atoms with Crippen molar-refractivity contribution in [2.45, 2.75) is 19.4 Å². The summed E-state index contributed by atoms with van der Waals surface area (Å²) in [5.74, 6) is -0.375. The Bertz CT molecular complexity index is 656. The smallest absolute Gasteiger partial charge is 0.239 e. The molecule has 23 heavy (non-hydrogen) atoms. The fourth-order valence-electron chi connectivity index (χ4n) is 2.15. The molecule has 0 aliphatic rings. The van der Waals surface area contributed by atoms with Gasteiger partial charge in [-0.05, 0) is 30.2 Å². The van der Waals surface area contributed by atoms with Crippen molar-refractivity contribution in [2.24, 2.45) is 0 Å². The van der Waals surface area contributed by atoms with Crippen LogP contribution < -0.4 is 10.6 Å². The fourth-order valence-corrected chi connectivity index (χ4v) is 2.41. The highest BCUT2D eigenvalue weighted by Gasteiger charge is 2.10. The van der Waals surface area contributed by atoms with E-state index in [2.05, 4.69) is 26.6 Å². The molecule has 2 aromatic carbocycles. The average molecular weight is 375 g/mol. The molecule has 4 nitrogen and oxygen atoms in total. The van der Waals surface area contributed by atoms with E-state index < -0.39 is 0 Å². The van der Waals surface area contributed by atoms with Gasteiger partial charge in [-0.25, -0.2) is 0 Å². The molecular formula is C18H19BrN2O2. The topological polar surface area (TPSA) is 58.2 Å². The van der Waals surface area contributed by atoms with Gasteiger partial charge in [-0.3, -0.25) is 9.59 Å². The van der Waals surface area contributed by atoms with Gasteiger partial charge in [0.1, 0.15) is 0 Å². The van der Waals surface area contributed by atoms with Crippen LogP contribution in [0.25, 0.3) is 0 Å². The second-order valence-electron chi connectivity index (χ2n) is 5.28. The van der Waals surface area contributed by atoms with Crippen molar-refractivity contribution >= 4 is 27.7 Å². The average Bonchev–Trinajstić information content (AvgIpc) is 2.56. The van der Waals surface area contributed by atoms with Crippen LogP contribution in [0.4, 0.5) is 0 Å². The first-order valence-corrected chi connectivity index (χ1v) is 8.19. The maximum Gasteiger partial charge on any atom is 0.239 e. The van der Waals surface area contributed by atoms with E-state index in [1.807, 2.05) is 61.5 Å². The molecule has 0 bridgehead atoms. The highest BCUT2D eigenvalue weighted by atomic mass is 79.9. The second-order valence-corrected chi connectivity index (χ2v) is 6.20. The van der Waals surface area contributed by atoms with Gasteiger partial charge in [-0.2, -0.15) is 0 Å². The first-order chi connectivity index (χ1) is 11.0. The number of carbonyl (C=O) groups is 2. The number of halogens is 1. The Morgan fingerprint density at radius 3 is 2.30 bits per heavy atom. The predicted molar refractivity (Wildman–Crippen MR) is 93.9 cm³/mol. The number of hydrogen-bond acceptors (Lipinski definition) is 2. The molecule has 2 rings (SSSR count). The maximum absolute atomic E-state index is 11.9. The third kappa shape index (κ3) is 5.87. The molecule has 0 fully saturated rings. The Kier molecular flexibility index (Phi) is 6.35. The molecule has 2 amide bonds. The first-order valence-electron chi connectivity index (χ1n) is 7.40. The summed E-state index contributed by atoms with van der Waals surface area (Å²) in [5, 5.41) is 5.50. The Labute approximate surface area is 144 Å². The van der Waals surface area contributed by atoms with E-state index in [1.54, 1.807) is 0 Å². The van der Waals surface area contributed by atoms with Gasteiger partial charge in [0, 0.05) is 4.47 Å². The minimum Gasteiger partial charge on any atom is -0.348 e. The normalized spacial score (nSPS) is 11.6. The summed E-state index contributed by atoms with van der Waals surface area (Å²) in [6, 6.07) is 17.1. The van der Waals surface area contributed by atoms with E-state index in [0.717, 1.165) is 15.6 Å². The van der Waals surface area contributed by atoms with Crippen molar-refractivity contribution in [1.82, 2.24) is 10.6 Å². The minimum atomic E-state index is -0.203. The summed E-state index contributed by atoms with van der Waals surface area (Å²) in [6.07, 6.45) is 0.259. The molecule has 120 valence electrons. The van der Waals surface area contributed by atoms with Crippen molar-refractivity contribution < 1.29 is 9.59 Å². The minimum absolute atomic E-state index is 0.0213. The molecule has 5 heteroatoms. The molecule has 0 radical (unpaired) electrons. The van der Waals surface area contributed by atoms with Crippen LogP contribution in [0.1, 0.15) is 24.1 Å². The third-order valence-corrected chi connectivity index (χ3v) is 3.93. The summed E-state index contributed by atoms with van der Waals surface area (Å²) < 4.78 is 0.968. The van der Waals surface area contributed by atoms with Crippen LogP contribution >= 0.6 is 15.9 Å². The van der Waals surface area contributed by atoms with E-state index in [0.29, 0.717) is 0 Å². The summed E-state index contributed by atoms with van der Waals surface area (Å²) in [5.41, 5.74) is 1.94. The number of hydrogen-bond donors (Lipinski definition) is 2. The highest BCUT2D eigenvalue weighted by molar-refractivity contribution is 9.10. The van der Waals surface area contributed by atoms with Gasteiger partial charge in [0.15, 0.2) is 0 Å². The Hall–Kier alpha value is -2.14. The third-order valence-electron chi connectivity index (χ3n) is 3.40. The lowest BCUT2D eigenvalue weighted by molar-refractivity contribution is -0.126. The second kappa shape index (κ2) is 8.48. The van der Waals surface area contributed by atoms with E-state index in [9.17, 15) is 9.59 Å². The van der Waals surface area contributed by atoms with Crippen molar-refractivity contribution in [2.75, 3.05) is 6.54 Å². The van der Waals surface area contributed by atoms with Crippen molar-refractivity contribution in [3.05, 3.63) is 70.2 Å². The molecule has 0 aliphatic heterocycles. The van der Waals surface area contributed by atoms with Crippen LogP contribution in [0.3, 0.4) is 0 Å². The lowest BCUT2D eigenvalue weighted by atomic mass is 10.1. The fraction of sp³-hybridized carbons (Fsp3) is 0.222. The summed E-state index contributed by atoms with van der Waals surface area (Å²) in [4.78, 5) is 23.8. The van der Waals surface area contributed by atoms with Gasteiger partial charge in [-0.15, -0.1) is 0 Å². The monoisotopic (exact) mass is 374 g/mol. The van der Waals surface area contributed by atoms with Crippen molar-refractivity contribution in [3.8, 4) is 0 Å². The largest absolute Gasteiger partial charge is 0.348 e. The zero-order valence-electron chi connectivity index (χ0n) is 12.9. The summed E-state index contributed by atoms with van der Waals surface area (Å²) in [6.45, 7) is 1.89. The highest BCUT2D eigenvalue weighted by Crippen LogP contribution is 2.11. The summed E-state index contributed by atoms with van der Waals surface area (Å²) >= 11 is 3.35. The number of carbonyl (C=O) groups excluding carboxylic acids is 2. The molecule has 0 spiro atoms. The number of amides is 2. The van der Waals surface area contributed by atoms with Gasteiger partial charge in [0.25, 0.3) is 0 Å².